The molecule has 1 aromatic carbocycles. The van der Waals surface area contributed by atoms with Crippen molar-refractivity contribution < 1.29 is 9.67 Å². The van der Waals surface area contributed by atoms with Gasteiger partial charge in [0, 0.05) is 5.56 Å². The van der Waals surface area contributed by atoms with Gasteiger partial charge < -0.3 is 5.11 Å². The molecule has 0 atom stereocenters. The first-order valence-electron chi connectivity index (χ1n) is 4.36. The summed E-state index contributed by atoms with van der Waals surface area (Å²) in [5.74, 6) is 0.246. The Morgan fingerprint density at radius 1 is 1.29 bits per heavy atom. The maximum absolute atomic E-state index is 9.72. The fourth-order valence-electron chi connectivity index (χ4n) is 1.21. The maximum Gasteiger partial charge on any atom is 0.246 e. The van der Waals surface area contributed by atoms with Crippen LogP contribution >= 0.6 is 0 Å². The largest absolute Gasteiger partial charge is 0.504 e. The Labute approximate surface area is 82.0 Å². The predicted octanol–water partition coefficient (Wildman–Crippen LogP) is 1.82. The molecule has 0 amide bonds. The molecule has 3 heteroatoms. The Morgan fingerprint density at radius 2 is 2.07 bits per heavy atom. The maximum atomic E-state index is 9.72. The lowest BCUT2D eigenvalue weighted by Crippen LogP contribution is -2.21. The van der Waals surface area contributed by atoms with Crippen LogP contribution in [-0.4, -0.2) is 10.1 Å². The van der Waals surface area contributed by atoms with Crippen molar-refractivity contribution in [3.63, 3.8) is 0 Å². The van der Waals surface area contributed by atoms with Crippen LogP contribution in [0, 0.1) is 0 Å². The van der Waals surface area contributed by atoms with E-state index in [1.54, 1.807) is 23.3 Å². The number of rotatable bonds is 2. The minimum Gasteiger partial charge on any atom is -0.504 e. The Balaban J connectivity index is 2.29. The molecule has 0 bridgehead atoms. The molecule has 1 heterocycles. The van der Waals surface area contributed by atoms with Crippen molar-refractivity contribution in [3.05, 3.63) is 54.6 Å². The van der Waals surface area contributed by atoms with E-state index in [1.165, 1.54) is 0 Å². The van der Waals surface area contributed by atoms with E-state index in [4.69, 9.17) is 0 Å². The topological polar surface area (TPSA) is 39.9 Å². The second-order valence-corrected chi connectivity index (χ2v) is 2.94. The third-order valence-corrected chi connectivity index (χ3v) is 1.91. The number of nitrogens with zero attached hydrogens (tertiary/aromatic N) is 1. The summed E-state index contributed by atoms with van der Waals surface area (Å²) in [6, 6.07) is 9.42. The van der Waals surface area contributed by atoms with Gasteiger partial charge in [-0.3, -0.25) is 0 Å². The highest BCUT2D eigenvalue weighted by molar-refractivity contribution is 5.65. The van der Waals surface area contributed by atoms with Crippen molar-refractivity contribution in [2.75, 3.05) is 0 Å². The summed E-state index contributed by atoms with van der Waals surface area (Å²) < 4.78 is 1.75. The van der Waals surface area contributed by atoms with Gasteiger partial charge >= 0.3 is 0 Å². The number of aromatic amines is 1. The van der Waals surface area contributed by atoms with Gasteiger partial charge in [-0.1, -0.05) is 30.3 Å². The number of aliphatic hydroxyl groups excluding tert-OH is 1. The average molecular weight is 187 g/mol. The van der Waals surface area contributed by atoms with Gasteiger partial charge in [0.1, 0.15) is 18.6 Å². The van der Waals surface area contributed by atoms with Crippen molar-refractivity contribution in [2.45, 2.75) is 0 Å². The van der Waals surface area contributed by atoms with E-state index < -0.39 is 0 Å². The number of nitrogens with one attached hydrogen (secondary N) is 1. The molecule has 2 rings (SSSR count). The normalized spacial score (nSPS) is 11.6. The standard InChI is InChI=1S/C11H10N2O/c14-11(8-13-7-6-12-9-13)10-4-2-1-3-5-10/h1-9,14H/p+1/b11-8-. The van der Waals surface area contributed by atoms with Crippen LogP contribution in [0.15, 0.2) is 49.1 Å². The van der Waals surface area contributed by atoms with Crippen LogP contribution in [0.4, 0.5) is 0 Å². The van der Waals surface area contributed by atoms with Crippen LogP contribution in [0.1, 0.15) is 5.56 Å². The van der Waals surface area contributed by atoms with Crippen molar-refractivity contribution >= 4 is 12.0 Å². The van der Waals surface area contributed by atoms with Gasteiger partial charge in [-0.2, -0.15) is 0 Å². The molecule has 0 saturated carbocycles. The predicted molar refractivity (Wildman–Crippen MR) is 54.2 cm³/mol. The quantitative estimate of drug-likeness (QED) is 0.546. The summed E-state index contributed by atoms with van der Waals surface area (Å²) >= 11 is 0. The molecular formula is C11H11N2O+. The highest BCUT2D eigenvalue weighted by Crippen LogP contribution is 2.08. The van der Waals surface area contributed by atoms with Crippen molar-refractivity contribution in [3.8, 4) is 0 Å². The van der Waals surface area contributed by atoms with Gasteiger partial charge in [0.15, 0.2) is 5.76 Å². The molecule has 0 unspecified atom stereocenters. The second kappa shape index (κ2) is 3.79. The lowest BCUT2D eigenvalue weighted by molar-refractivity contribution is -0.566. The van der Waals surface area contributed by atoms with E-state index in [0.717, 1.165) is 5.56 Å². The molecule has 0 spiro atoms. The van der Waals surface area contributed by atoms with E-state index in [2.05, 4.69) is 4.98 Å². The van der Waals surface area contributed by atoms with Crippen LogP contribution in [-0.2, 0) is 0 Å². The van der Waals surface area contributed by atoms with Crippen molar-refractivity contribution in [2.24, 2.45) is 0 Å². The van der Waals surface area contributed by atoms with Gasteiger partial charge in [-0.05, 0) is 0 Å². The molecule has 0 aliphatic heterocycles. The first-order chi connectivity index (χ1) is 6.86. The molecule has 0 radical (unpaired) electrons. The number of imidazole rings is 1. The Bertz CT molecular complexity index is 418. The molecule has 0 saturated heterocycles. The Morgan fingerprint density at radius 3 is 2.71 bits per heavy atom. The monoisotopic (exact) mass is 187 g/mol. The van der Waals surface area contributed by atoms with Crippen LogP contribution in [0.5, 0.6) is 0 Å². The average Bonchev–Trinajstić information content (AvgIpc) is 2.72. The highest BCUT2D eigenvalue weighted by Gasteiger charge is 1.99. The van der Waals surface area contributed by atoms with Crippen LogP contribution < -0.4 is 4.57 Å². The van der Waals surface area contributed by atoms with Gasteiger partial charge in [-0.15, -0.1) is 0 Å². The SMILES string of the molecule is O/C(=C\[n+]1cc[nH]c1)c1ccccc1. The fourth-order valence-corrected chi connectivity index (χ4v) is 1.21. The lowest BCUT2D eigenvalue weighted by Gasteiger charge is -1.96. The zero-order chi connectivity index (χ0) is 9.80. The zero-order valence-corrected chi connectivity index (χ0v) is 7.59. The van der Waals surface area contributed by atoms with Gasteiger partial charge in [0.25, 0.3) is 0 Å². The fraction of sp³-hybridized carbons (Fsp3) is 0. The lowest BCUT2D eigenvalue weighted by atomic mass is 10.2. The van der Waals surface area contributed by atoms with E-state index in [0.29, 0.717) is 0 Å². The highest BCUT2D eigenvalue weighted by atomic mass is 16.3. The Kier molecular flexibility index (Phi) is 2.32. The summed E-state index contributed by atoms with van der Waals surface area (Å²) in [5.41, 5.74) is 0.807. The summed E-state index contributed by atoms with van der Waals surface area (Å²) in [6.07, 6.45) is 7.00. The zero-order valence-electron chi connectivity index (χ0n) is 7.59. The molecule has 1 aromatic heterocycles. The van der Waals surface area contributed by atoms with E-state index in [1.807, 2.05) is 36.5 Å². The minimum atomic E-state index is 0.246. The molecular weight excluding hydrogens is 176 g/mol. The van der Waals surface area contributed by atoms with Crippen LogP contribution in [0.25, 0.3) is 12.0 Å². The molecule has 0 fully saturated rings. The van der Waals surface area contributed by atoms with Crippen molar-refractivity contribution in [1.82, 2.24) is 4.98 Å². The molecule has 2 N–H and O–H groups in total. The van der Waals surface area contributed by atoms with Crippen LogP contribution in [0.3, 0.4) is 0 Å². The first-order valence-corrected chi connectivity index (χ1v) is 4.36. The summed E-state index contributed by atoms with van der Waals surface area (Å²) in [5, 5.41) is 9.72. The van der Waals surface area contributed by atoms with Gasteiger partial charge in [0.2, 0.25) is 6.33 Å². The van der Waals surface area contributed by atoms with E-state index >= 15 is 0 Å². The summed E-state index contributed by atoms with van der Waals surface area (Å²) in [6.45, 7) is 0. The second-order valence-electron chi connectivity index (χ2n) is 2.94. The molecule has 14 heavy (non-hydrogen) atoms. The number of hydrogen-bond donors (Lipinski definition) is 2. The molecule has 2 aromatic rings. The first kappa shape index (κ1) is 8.56. The number of aliphatic hydroxyl groups is 1. The number of hydrogen-bond acceptors (Lipinski definition) is 1. The smallest absolute Gasteiger partial charge is 0.246 e. The van der Waals surface area contributed by atoms with Gasteiger partial charge in [-0.25, -0.2) is 9.55 Å². The summed E-state index contributed by atoms with van der Waals surface area (Å²) in [7, 11) is 0. The third-order valence-electron chi connectivity index (χ3n) is 1.91. The third kappa shape index (κ3) is 1.82. The number of aromatic nitrogens is 2. The Hall–Kier alpha value is -2.03. The van der Waals surface area contributed by atoms with Crippen LogP contribution in [0.2, 0.25) is 0 Å². The minimum absolute atomic E-state index is 0.246. The molecule has 70 valence electrons. The van der Waals surface area contributed by atoms with E-state index in [9.17, 15) is 5.11 Å². The van der Waals surface area contributed by atoms with Crippen molar-refractivity contribution in [1.29, 1.82) is 0 Å². The number of benzene rings is 1. The number of H-pyrrole nitrogens is 1. The molecule has 0 aliphatic rings. The van der Waals surface area contributed by atoms with E-state index in [-0.39, 0.29) is 5.76 Å². The summed E-state index contributed by atoms with van der Waals surface area (Å²) in [4.78, 5) is 2.89. The van der Waals surface area contributed by atoms with Gasteiger partial charge in [0.05, 0.1) is 0 Å². The molecule has 0 aliphatic carbocycles. The molecule has 3 nitrogen and oxygen atoms in total.